The van der Waals surface area contributed by atoms with Crippen molar-refractivity contribution < 1.29 is 4.79 Å². The number of aromatic nitrogens is 2. The predicted octanol–water partition coefficient (Wildman–Crippen LogP) is 5.26. The van der Waals surface area contributed by atoms with Gasteiger partial charge < -0.3 is 4.90 Å². The van der Waals surface area contributed by atoms with Crippen LogP contribution in [0.25, 0.3) is 27.0 Å². The highest BCUT2D eigenvalue weighted by Crippen LogP contribution is 2.37. The summed E-state index contributed by atoms with van der Waals surface area (Å²) in [5.41, 5.74) is 2.37. The summed E-state index contributed by atoms with van der Waals surface area (Å²) in [5.74, 6) is 0.162. The van der Waals surface area contributed by atoms with Gasteiger partial charge in [0.1, 0.15) is 4.83 Å². The summed E-state index contributed by atoms with van der Waals surface area (Å²) in [5, 5.41) is 1.73. The Morgan fingerprint density at radius 3 is 2.45 bits per heavy atom. The molecule has 31 heavy (non-hydrogen) atoms. The predicted molar refractivity (Wildman–Crippen MR) is 130 cm³/mol. The quantitative estimate of drug-likeness (QED) is 0.295. The molecule has 0 saturated heterocycles. The van der Waals surface area contributed by atoms with Crippen molar-refractivity contribution in [3.63, 3.8) is 0 Å². The van der Waals surface area contributed by atoms with Crippen LogP contribution < -0.4 is 5.56 Å². The molecule has 0 atom stereocenters. The second-order valence-electron chi connectivity index (χ2n) is 7.17. The van der Waals surface area contributed by atoms with Crippen LogP contribution >= 0.6 is 34.7 Å². The van der Waals surface area contributed by atoms with E-state index in [0.717, 1.165) is 16.0 Å². The second kappa shape index (κ2) is 8.86. The Labute approximate surface area is 193 Å². The molecule has 2 aromatic carbocycles. The van der Waals surface area contributed by atoms with Crippen LogP contribution in [0.3, 0.4) is 0 Å². The monoisotopic (exact) mass is 469 g/mol. The number of carbonyl (C=O) groups is 1. The maximum atomic E-state index is 13.8. The van der Waals surface area contributed by atoms with Gasteiger partial charge in [-0.2, -0.15) is 0 Å². The number of hydrogen-bond acceptors (Lipinski definition) is 5. The molecule has 0 aliphatic carbocycles. The maximum absolute atomic E-state index is 13.8. The largest absolute Gasteiger partial charge is 0.348 e. The normalized spacial score (nSPS) is 11.1. The molecule has 0 aliphatic heterocycles. The zero-order valence-corrected chi connectivity index (χ0v) is 19.6. The van der Waals surface area contributed by atoms with Gasteiger partial charge in [-0.25, -0.2) is 4.98 Å². The van der Waals surface area contributed by atoms with Crippen LogP contribution in [0.2, 0.25) is 5.02 Å². The lowest BCUT2D eigenvalue weighted by atomic mass is 10.0. The summed E-state index contributed by atoms with van der Waals surface area (Å²) in [6.45, 7) is 1.99. The summed E-state index contributed by atoms with van der Waals surface area (Å²) >= 11 is 8.82. The van der Waals surface area contributed by atoms with Crippen LogP contribution in [-0.2, 0) is 4.79 Å². The topological polar surface area (TPSA) is 55.2 Å². The molecule has 2 heterocycles. The Morgan fingerprint density at radius 1 is 1.13 bits per heavy atom. The minimum atomic E-state index is -0.148. The van der Waals surface area contributed by atoms with Crippen molar-refractivity contribution in [2.24, 2.45) is 0 Å². The summed E-state index contributed by atoms with van der Waals surface area (Å²) in [6.07, 6.45) is 0. The van der Waals surface area contributed by atoms with Crippen LogP contribution in [0, 0.1) is 6.92 Å². The summed E-state index contributed by atoms with van der Waals surface area (Å²) in [6, 6.07) is 16.9. The Kier molecular flexibility index (Phi) is 6.18. The highest BCUT2D eigenvalue weighted by Gasteiger charge is 2.21. The first-order valence-corrected chi connectivity index (χ1v) is 11.8. The molecule has 0 bridgehead atoms. The molecule has 158 valence electrons. The molecular formula is C23H20ClN3O2S2. The van der Waals surface area contributed by atoms with Gasteiger partial charge in [0.25, 0.3) is 5.56 Å². The first-order valence-electron chi connectivity index (χ1n) is 9.57. The number of hydrogen-bond donors (Lipinski definition) is 0. The molecule has 0 aliphatic rings. The molecule has 0 N–H and O–H groups in total. The first kappa shape index (κ1) is 21.6. The number of fused-ring (bicyclic) bond motifs is 1. The molecule has 2 aromatic heterocycles. The zero-order chi connectivity index (χ0) is 22.1. The lowest BCUT2D eigenvalue weighted by molar-refractivity contribution is -0.125. The van der Waals surface area contributed by atoms with E-state index in [4.69, 9.17) is 16.6 Å². The number of amides is 1. The van der Waals surface area contributed by atoms with Crippen LogP contribution in [0.4, 0.5) is 0 Å². The lowest BCUT2D eigenvalue weighted by Crippen LogP contribution is -2.25. The Hall–Kier alpha value is -2.61. The van der Waals surface area contributed by atoms with Crippen molar-refractivity contribution in [2.75, 3.05) is 19.8 Å². The standard InChI is InChI=1S/C23H20ClN3O2S2/c1-14-19(15-9-11-16(24)12-10-15)20-21(31-14)25-23(30-13-18(28)26(2)3)27(22(20)29)17-7-5-4-6-8-17/h4-12H,13H2,1-3H3. The van der Waals surface area contributed by atoms with Gasteiger partial charge in [-0.3, -0.25) is 14.2 Å². The third-order valence-corrected chi connectivity index (χ3v) is 7.02. The third kappa shape index (κ3) is 4.26. The van der Waals surface area contributed by atoms with Gasteiger partial charge in [-0.05, 0) is 36.8 Å². The van der Waals surface area contributed by atoms with Crippen molar-refractivity contribution in [2.45, 2.75) is 12.1 Å². The molecule has 0 unspecified atom stereocenters. The maximum Gasteiger partial charge on any atom is 0.268 e. The summed E-state index contributed by atoms with van der Waals surface area (Å²) in [4.78, 5) is 34.0. The van der Waals surface area contributed by atoms with Gasteiger partial charge in [0.2, 0.25) is 5.91 Å². The van der Waals surface area contributed by atoms with Crippen molar-refractivity contribution in [3.05, 3.63) is 74.9 Å². The highest BCUT2D eigenvalue weighted by atomic mass is 35.5. The number of thioether (sulfide) groups is 1. The molecule has 0 fully saturated rings. The smallest absolute Gasteiger partial charge is 0.268 e. The van der Waals surface area contributed by atoms with E-state index in [-0.39, 0.29) is 17.2 Å². The second-order valence-corrected chi connectivity index (χ2v) is 9.75. The van der Waals surface area contributed by atoms with E-state index in [1.54, 1.807) is 18.7 Å². The van der Waals surface area contributed by atoms with Crippen LogP contribution in [0.15, 0.2) is 64.5 Å². The average Bonchev–Trinajstić information content (AvgIpc) is 3.09. The lowest BCUT2D eigenvalue weighted by Gasteiger charge is -2.14. The van der Waals surface area contributed by atoms with Crippen molar-refractivity contribution in [1.29, 1.82) is 0 Å². The van der Waals surface area contributed by atoms with E-state index in [1.165, 1.54) is 28.0 Å². The average molecular weight is 470 g/mol. The Morgan fingerprint density at radius 2 is 1.81 bits per heavy atom. The van der Waals surface area contributed by atoms with Gasteiger partial charge in [0.15, 0.2) is 5.16 Å². The number of carbonyl (C=O) groups excluding carboxylic acids is 1. The van der Waals surface area contributed by atoms with E-state index >= 15 is 0 Å². The molecule has 4 aromatic rings. The van der Waals surface area contributed by atoms with Crippen LogP contribution in [-0.4, -0.2) is 40.2 Å². The summed E-state index contributed by atoms with van der Waals surface area (Å²) < 4.78 is 1.60. The van der Waals surface area contributed by atoms with Crippen molar-refractivity contribution >= 4 is 50.8 Å². The zero-order valence-electron chi connectivity index (χ0n) is 17.3. The number of halogens is 1. The number of nitrogens with zero attached hydrogens (tertiary/aromatic N) is 3. The van der Waals surface area contributed by atoms with E-state index in [2.05, 4.69) is 0 Å². The number of benzene rings is 2. The molecular weight excluding hydrogens is 450 g/mol. The van der Waals surface area contributed by atoms with Crippen LogP contribution in [0.1, 0.15) is 4.88 Å². The Bertz CT molecular complexity index is 1310. The van der Waals surface area contributed by atoms with E-state index in [9.17, 15) is 9.59 Å². The van der Waals surface area contributed by atoms with Gasteiger partial charge in [-0.1, -0.05) is 53.7 Å². The number of thiophene rings is 1. The van der Waals surface area contributed by atoms with E-state index < -0.39 is 0 Å². The van der Waals surface area contributed by atoms with Crippen molar-refractivity contribution in [3.8, 4) is 16.8 Å². The minimum Gasteiger partial charge on any atom is -0.348 e. The number of rotatable bonds is 5. The molecule has 0 radical (unpaired) electrons. The minimum absolute atomic E-state index is 0.0387. The number of aryl methyl sites for hydroxylation is 1. The van der Waals surface area contributed by atoms with Crippen LogP contribution in [0.5, 0.6) is 0 Å². The van der Waals surface area contributed by atoms with Gasteiger partial charge in [0.05, 0.1) is 16.8 Å². The Balaban J connectivity index is 1.95. The van der Waals surface area contributed by atoms with Gasteiger partial charge in [-0.15, -0.1) is 11.3 Å². The number of para-hydroxylation sites is 1. The molecule has 4 rings (SSSR count). The first-order chi connectivity index (χ1) is 14.9. The van der Waals surface area contributed by atoms with E-state index in [0.29, 0.717) is 26.1 Å². The fraction of sp³-hybridized carbons (Fsp3) is 0.174. The highest BCUT2D eigenvalue weighted by molar-refractivity contribution is 7.99. The van der Waals surface area contributed by atoms with Gasteiger partial charge >= 0.3 is 0 Å². The molecule has 0 spiro atoms. The fourth-order valence-corrected chi connectivity index (χ4v) is 5.47. The molecule has 1 amide bonds. The van der Waals surface area contributed by atoms with Gasteiger partial charge in [0, 0.05) is 29.6 Å². The molecule has 5 nitrogen and oxygen atoms in total. The summed E-state index contributed by atoms with van der Waals surface area (Å²) in [7, 11) is 3.43. The molecule has 0 saturated carbocycles. The SMILES string of the molecule is Cc1sc2nc(SCC(=O)N(C)C)n(-c3ccccc3)c(=O)c2c1-c1ccc(Cl)cc1. The third-order valence-electron chi connectivity index (χ3n) is 4.84. The molecule has 8 heteroatoms. The van der Waals surface area contributed by atoms with Crippen molar-refractivity contribution in [1.82, 2.24) is 14.5 Å². The fourth-order valence-electron chi connectivity index (χ4n) is 3.26. The van der Waals surface area contributed by atoms with E-state index in [1.807, 2.05) is 61.5 Å².